The van der Waals surface area contributed by atoms with Crippen molar-refractivity contribution in [3.05, 3.63) is 65.7 Å². The van der Waals surface area contributed by atoms with Gasteiger partial charge in [-0.3, -0.25) is 9.79 Å². The predicted octanol–water partition coefficient (Wildman–Crippen LogP) is 1.53. The summed E-state index contributed by atoms with van der Waals surface area (Å²) >= 11 is 0. The van der Waals surface area contributed by atoms with E-state index in [4.69, 9.17) is 0 Å². The fourth-order valence-corrected chi connectivity index (χ4v) is 3.66. The molecular formula is C20H26N4O3S. The van der Waals surface area contributed by atoms with E-state index in [1.165, 1.54) is 4.90 Å². The van der Waals surface area contributed by atoms with Crippen LogP contribution in [0.25, 0.3) is 0 Å². The number of nitrogens with one attached hydrogen (secondary N) is 2. The van der Waals surface area contributed by atoms with Gasteiger partial charge in [-0.1, -0.05) is 30.3 Å². The molecule has 0 fully saturated rings. The van der Waals surface area contributed by atoms with E-state index in [1.54, 1.807) is 63.6 Å². The Hall–Kier alpha value is -2.87. The molecule has 0 aliphatic carbocycles. The second-order valence-electron chi connectivity index (χ2n) is 6.38. The first kappa shape index (κ1) is 21.4. The highest BCUT2D eigenvalue weighted by atomic mass is 32.2. The van der Waals surface area contributed by atoms with Crippen molar-refractivity contribution in [2.75, 3.05) is 33.4 Å². The quantitative estimate of drug-likeness (QED) is 0.541. The summed E-state index contributed by atoms with van der Waals surface area (Å²) in [6, 6.07) is 15.7. The van der Waals surface area contributed by atoms with Gasteiger partial charge in [-0.2, -0.15) is 0 Å². The van der Waals surface area contributed by atoms with Crippen LogP contribution >= 0.6 is 0 Å². The maximum absolute atomic E-state index is 12.3. The van der Waals surface area contributed by atoms with E-state index in [9.17, 15) is 13.2 Å². The molecule has 2 N–H and O–H groups in total. The van der Waals surface area contributed by atoms with Crippen molar-refractivity contribution in [2.45, 2.75) is 11.4 Å². The lowest BCUT2D eigenvalue weighted by molar-refractivity contribution is 0.0827. The average Bonchev–Trinajstić information content (AvgIpc) is 2.71. The van der Waals surface area contributed by atoms with Crippen LogP contribution in [0.15, 0.2) is 64.5 Å². The van der Waals surface area contributed by atoms with Gasteiger partial charge in [0.05, 0.1) is 10.6 Å². The van der Waals surface area contributed by atoms with Crippen LogP contribution in [0, 0.1) is 0 Å². The largest absolute Gasteiger partial charge is 0.355 e. The van der Waals surface area contributed by atoms with E-state index < -0.39 is 9.84 Å². The fourth-order valence-electron chi connectivity index (χ4n) is 2.48. The van der Waals surface area contributed by atoms with Crippen molar-refractivity contribution in [1.82, 2.24) is 15.5 Å². The Labute approximate surface area is 166 Å². The van der Waals surface area contributed by atoms with Crippen molar-refractivity contribution in [1.29, 1.82) is 0 Å². The molecular weight excluding hydrogens is 376 g/mol. The molecule has 150 valence electrons. The lowest BCUT2D eigenvalue weighted by Crippen LogP contribution is -2.39. The van der Waals surface area contributed by atoms with Gasteiger partial charge in [-0.15, -0.1) is 0 Å². The van der Waals surface area contributed by atoms with Crippen molar-refractivity contribution >= 4 is 21.7 Å². The molecule has 0 saturated heterocycles. The zero-order valence-electron chi connectivity index (χ0n) is 16.3. The van der Waals surface area contributed by atoms with Crippen LogP contribution in [0.3, 0.4) is 0 Å². The maximum atomic E-state index is 12.3. The average molecular weight is 403 g/mol. The Bertz CT molecular complexity index is 908. The Morgan fingerprint density at radius 3 is 2.21 bits per heavy atom. The summed E-state index contributed by atoms with van der Waals surface area (Å²) in [6.45, 7) is 0.745. The Morgan fingerprint density at radius 1 is 1.00 bits per heavy atom. The van der Waals surface area contributed by atoms with Gasteiger partial charge in [0.25, 0.3) is 5.91 Å². The fraction of sp³-hybridized carbons (Fsp3) is 0.300. The summed E-state index contributed by atoms with van der Waals surface area (Å²) in [4.78, 5) is 17.8. The number of carbonyl (C=O) groups is 1. The van der Waals surface area contributed by atoms with Gasteiger partial charge >= 0.3 is 0 Å². The van der Waals surface area contributed by atoms with Gasteiger partial charge in [-0.25, -0.2) is 8.42 Å². The Morgan fingerprint density at radius 2 is 1.64 bits per heavy atom. The monoisotopic (exact) mass is 402 g/mol. The highest BCUT2D eigenvalue weighted by Crippen LogP contribution is 2.09. The van der Waals surface area contributed by atoms with E-state index in [1.807, 2.05) is 12.1 Å². The number of sulfone groups is 1. The highest BCUT2D eigenvalue weighted by Gasteiger charge is 2.13. The van der Waals surface area contributed by atoms with Gasteiger partial charge in [0, 0.05) is 39.8 Å². The van der Waals surface area contributed by atoms with Crippen LogP contribution in [0.5, 0.6) is 0 Å². The number of hydrogen-bond acceptors (Lipinski definition) is 4. The maximum Gasteiger partial charge on any atom is 0.253 e. The molecule has 0 atom stereocenters. The third-order valence-electron chi connectivity index (χ3n) is 4.06. The van der Waals surface area contributed by atoms with Crippen LogP contribution in [-0.2, 0) is 16.4 Å². The number of aliphatic imine (C=N–C) groups is 1. The van der Waals surface area contributed by atoms with Gasteiger partial charge < -0.3 is 15.5 Å². The predicted molar refractivity (Wildman–Crippen MR) is 111 cm³/mol. The first-order valence-corrected chi connectivity index (χ1v) is 10.5. The Balaban J connectivity index is 1.84. The van der Waals surface area contributed by atoms with E-state index >= 15 is 0 Å². The SMILES string of the molecule is CN=C(NCCS(=O)(=O)c1ccccc1)NCc1ccc(C(=O)N(C)C)cc1. The third kappa shape index (κ3) is 6.09. The van der Waals surface area contributed by atoms with Crippen LogP contribution < -0.4 is 10.6 Å². The summed E-state index contributed by atoms with van der Waals surface area (Å²) in [5, 5.41) is 6.14. The second kappa shape index (κ2) is 9.89. The van der Waals surface area contributed by atoms with Gasteiger partial charge in [0.1, 0.15) is 0 Å². The molecule has 0 saturated carbocycles. The minimum absolute atomic E-state index is 0.0287. The molecule has 7 nitrogen and oxygen atoms in total. The lowest BCUT2D eigenvalue weighted by Gasteiger charge is -2.13. The lowest BCUT2D eigenvalue weighted by atomic mass is 10.1. The van der Waals surface area contributed by atoms with Crippen LogP contribution in [0.1, 0.15) is 15.9 Å². The molecule has 1 amide bonds. The van der Waals surface area contributed by atoms with Crippen LogP contribution in [0.2, 0.25) is 0 Å². The summed E-state index contributed by atoms with van der Waals surface area (Å²) in [5.74, 6) is 0.437. The second-order valence-corrected chi connectivity index (χ2v) is 8.49. The summed E-state index contributed by atoms with van der Waals surface area (Å²) < 4.78 is 24.6. The molecule has 28 heavy (non-hydrogen) atoms. The van der Waals surface area contributed by atoms with E-state index in [2.05, 4.69) is 15.6 Å². The van der Waals surface area contributed by atoms with Gasteiger partial charge in [0.2, 0.25) is 0 Å². The van der Waals surface area contributed by atoms with E-state index in [0.717, 1.165) is 5.56 Å². The topological polar surface area (TPSA) is 90.9 Å². The highest BCUT2D eigenvalue weighted by molar-refractivity contribution is 7.91. The van der Waals surface area contributed by atoms with Gasteiger partial charge in [-0.05, 0) is 29.8 Å². The molecule has 0 bridgehead atoms. The normalized spacial score (nSPS) is 11.8. The Kier molecular flexibility index (Phi) is 7.57. The number of rotatable bonds is 7. The molecule has 0 radical (unpaired) electrons. The molecule has 0 unspecified atom stereocenters. The zero-order chi connectivity index (χ0) is 20.6. The van der Waals surface area contributed by atoms with E-state index in [-0.39, 0.29) is 18.2 Å². The molecule has 2 aromatic carbocycles. The number of nitrogens with zero attached hydrogens (tertiary/aromatic N) is 2. The molecule has 0 heterocycles. The first-order chi connectivity index (χ1) is 13.3. The number of benzene rings is 2. The minimum atomic E-state index is -3.33. The molecule has 2 aromatic rings. The van der Waals surface area contributed by atoms with Crippen molar-refractivity contribution in [3.63, 3.8) is 0 Å². The van der Waals surface area contributed by atoms with Crippen LogP contribution in [-0.4, -0.2) is 58.6 Å². The van der Waals surface area contributed by atoms with Crippen LogP contribution in [0.4, 0.5) is 0 Å². The van der Waals surface area contributed by atoms with Crippen molar-refractivity contribution in [3.8, 4) is 0 Å². The van der Waals surface area contributed by atoms with Crippen molar-refractivity contribution < 1.29 is 13.2 Å². The molecule has 0 aliphatic heterocycles. The molecule has 2 rings (SSSR count). The molecule has 0 aromatic heterocycles. The smallest absolute Gasteiger partial charge is 0.253 e. The summed E-state index contributed by atoms with van der Waals surface area (Å²) in [5.41, 5.74) is 1.61. The number of guanidine groups is 1. The molecule has 8 heteroatoms. The minimum Gasteiger partial charge on any atom is -0.355 e. The number of hydrogen-bond donors (Lipinski definition) is 2. The summed E-state index contributed by atoms with van der Waals surface area (Å²) in [6.07, 6.45) is 0. The first-order valence-electron chi connectivity index (χ1n) is 8.86. The molecule has 0 aliphatic rings. The molecule has 0 spiro atoms. The number of amides is 1. The number of carbonyl (C=O) groups excluding carboxylic acids is 1. The van der Waals surface area contributed by atoms with Crippen molar-refractivity contribution in [2.24, 2.45) is 4.99 Å². The van der Waals surface area contributed by atoms with Gasteiger partial charge in [0.15, 0.2) is 15.8 Å². The third-order valence-corrected chi connectivity index (χ3v) is 5.79. The van der Waals surface area contributed by atoms with E-state index in [0.29, 0.717) is 23.0 Å². The standard InChI is InChI=1S/C20H26N4O3S/c1-21-20(22-13-14-28(26,27)18-7-5-4-6-8-18)23-15-16-9-11-17(12-10-16)19(25)24(2)3/h4-12H,13-15H2,1-3H3,(H2,21,22,23). The zero-order valence-corrected chi connectivity index (χ0v) is 17.2. The summed E-state index contributed by atoms with van der Waals surface area (Å²) in [7, 11) is 1.72.